The number of carbonyl (C=O) groups is 1. The number of ether oxygens (including phenoxy) is 9. The fourth-order valence-electron chi connectivity index (χ4n) is 15.3. The summed E-state index contributed by atoms with van der Waals surface area (Å²) < 4.78 is 53.0. The average molecular weight is 1290 g/mol. The van der Waals surface area contributed by atoms with Gasteiger partial charge >= 0.3 is 134 Å². The third-order valence-corrected chi connectivity index (χ3v) is 29.5. The molecule has 6 heterocycles. The second kappa shape index (κ2) is 29.7. The van der Waals surface area contributed by atoms with Crippen LogP contribution in [0.3, 0.4) is 0 Å². The van der Waals surface area contributed by atoms with Crippen LogP contribution in [0.25, 0.3) is 0 Å². The van der Waals surface area contributed by atoms with Gasteiger partial charge in [-0.3, -0.25) is 4.79 Å². The van der Waals surface area contributed by atoms with Gasteiger partial charge < -0.3 is 42.6 Å². The Morgan fingerprint density at radius 3 is 1.06 bits per heavy atom. The zero-order valence-electron chi connectivity index (χ0n) is 54.5. The number of methoxy groups -OCH3 is 3. The van der Waals surface area contributed by atoms with E-state index in [-0.39, 0.29) is 89.0 Å². The Balaban J connectivity index is 0.000000151. The van der Waals surface area contributed by atoms with Gasteiger partial charge in [0.2, 0.25) is 0 Å². The summed E-state index contributed by atoms with van der Waals surface area (Å²) in [5, 5.41) is 1.48. The molecule has 12 rings (SSSR count). The number of epoxide rings is 6. The van der Waals surface area contributed by atoms with Crippen LogP contribution >= 0.6 is 20.8 Å². The van der Waals surface area contributed by atoms with Gasteiger partial charge in [0.25, 0.3) is 0 Å². The molecule has 0 radical (unpaired) electrons. The fourth-order valence-corrected chi connectivity index (χ4v) is 21.0. The Morgan fingerprint density at radius 2 is 0.784 bits per heavy atom. The Morgan fingerprint density at radius 1 is 0.500 bits per heavy atom. The van der Waals surface area contributed by atoms with Crippen molar-refractivity contribution in [3.63, 3.8) is 0 Å². The van der Waals surface area contributed by atoms with E-state index >= 15 is 0 Å². The first-order valence-electron chi connectivity index (χ1n) is 33.1. The van der Waals surface area contributed by atoms with Crippen molar-refractivity contribution >= 4 is 42.5 Å². The van der Waals surface area contributed by atoms with Crippen LogP contribution in [-0.2, 0) is 47.4 Å². The molecule has 10 nitrogen and oxygen atoms in total. The van der Waals surface area contributed by atoms with E-state index in [4.69, 9.17) is 42.6 Å². The predicted molar refractivity (Wildman–Crippen MR) is 366 cm³/mol. The number of Topliss-reactive ketones (excluding diaryl/α,β-unsaturated/α-hetero) is 1. The van der Waals surface area contributed by atoms with Gasteiger partial charge in [-0.25, -0.2) is 0 Å². The quantitative estimate of drug-likeness (QED) is 0.0371. The van der Waals surface area contributed by atoms with Crippen LogP contribution in [0.1, 0.15) is 165 Å². The van der Waals surface area contributed by atoms with Gasteiger partial charge in [0, 0.05) is 27.8 Å². The van der Waals surface area contributed by atoms with Crippen LogP contribution in [0.5, 0.6) is 0 Å². The van der Waals surface area contributed by atoms with Crippen molar-refractivity contribution < 1.29 is 47.4 Å². The van der Waals surface area contributed by atoms with E-state index in [1.165, 1.54) is 78.4 Å². The second-order valence-electron chi connectivity index (χ2n) is 27.1. The predicted octanol–water partition coefficient (Wildman–Crippen LogP) is 16.2. The number of ketones is 1. The summed E-state index contributed by atoms with van der Waals surface area (Å²) in [4.78, 5) is 12.2. The van der Waals surface area contributed by atoms with Gasteiger partial charge in [-0.1, -0.05) is 116 Å². The zero-order valence-corrected chi connectivity index (χ0v) is 57.0. The molecule has 3 aromatic carbocycles. The van der Waals surface area contributed by atoms with Crippen molar-refractivity contribution in [2.75, 3.05) is 47.8 Å². The molecule has 0 amide bonds. The van der Waals surface area contributed by atoms with E-state index < -0.39 is 5.31 Å². The van der Waals surface area contributed by atoms with Crippen LogP contribution in [0, 0.1) is 17.8 Å². The Labute approximate surface area is 539 Å². The van der Waals surface area contributed by atoms with Crippen molar-refractivity contribution in [3.8, 4) is 0 Å². The first-order chi connectivity index (χ1) is 41.8. The van der Waals surface area contributed by atoms with Gasteiger partial charge in [0.1, 0.15) is 39.7 Å². The summed E-state index contributed by atoms with van der Waals surface area (Å²) in [6.45, 7) is 26.5. The van der Waals surface area contributed by atoms with E-state index in [2.05, 4.69) is 204 Å². The molecule has 0 N–H and O–H groups in total. The molecular weight excluding hydrogens is 1180 g/mol. The number of benzene rings is 3. The summed E-state index contributed by atoms with van der Waals surface area (Å²) in [5.41, 5.74) is 1.64. The molecular formula is C76H110BrO10P. The molecule has 9 fully saturated rings. The molecule has 3 aromatic rings. The normalized spacial score (nSPS) is 36.1. The topological polar surface area (TPSA) is 120 Å². The van der Waals surface area contributed by atoms with E-state index in [1.807, 2.05) is 0 Å². The van der Waals surface area contributed by atoms with E-state index in [0.717, 1.165) is 77.6 Å². The summed E-state index contributed by atoms with van der Waals surface area (Å²) >= 11 is 4.24. The third-order valence-electron chi connectivity index (χ3n) is 21.2. The second-order valence-corrected chi connectivity index (χ2v) is 36.8. The molecule has 15 atom stereocenters. The maximum atomic E-state index is 12.2. The minimum absolute atomic E-state index is 0. The first kappa shape index (κ1) is 70.4. The van der Waals surface area contributed by atoms with E-state index in [1.54, 1.807) is 21.3 Å². The molecule has 3 saturated carbocycles. The molecule has 3 aliphatic carbocycles. The number of rotatable bonds is 24. The van der Waals surface area contributed by atoms with E-state index in [0.29, 0.717) is 18.6 Å². The number of unbranched alkanes of at least 4 members (excludes halogenated alkanes) is 6. The van der Waals surface area contributed by atoms with Crippen LogP contribution in [0.2, 0.25) is 0 Å². The molecule has 6 saturated heterocycles. The molecule has 486 valence electrons. The van der Waals surface area contributed by atoms with Gasteiger partial charge in [-0.05, 0) is 103 Å². The van der Waals surface area contributed by atoms with Crippen LogP contribution < -0.4 is 15.9 Å². The van der Waals surface area contributed by atoms with Crippen LogP contribution in [-0.4, -0.2) is 124 Å². The fraction of sp³-hybridized carbons (Fsp3) is 0.618. The number of halogens is 1. The average Bonchev–Trinajstić information content (AvgIpc) is 1.52. The summed E-state index contributed by atoms with van der Waals surface area (Å²) in [5.74, 6) is 0.781. The van der Waals surface area contributed by atoms with Crippen molar-refractivity contribution in [3.05, 3.63) is 152 Å². The third kappa shape index (κ3) is 15.0. The number of carbonyl (C=O) groups excluding carboxylic acids is 1. The van der Waals surface area contributed by atoms with Gasteiger partial charge in [-0.2, -0.15) is 0 Å². The molecule has 0 aromatic heterocycles. The molecule has 0 bridgehead atoms. The zero-order chi connectivity index (χ0) is 62.2. The molecule has 12 heteroatoms. The summed E-state index contributed by atoms with van der Waals surface area (Å²) in [7, 11) is 5.20. The Hall–Kier alpha value is -3.42. The Kier molecular flexibility index (Phi) is 23.8. The number of hydrogen-bond donors (Lipinski definition) is 0. The van der Waals surface area contributed by atoms with Crippen LogP contribution in [0.15, 0.2) is 152 Å². The van der Waals surface area contributed by atoms with Crippen molar-refractivity contribution in [1.82, 2.24) is 0 Å². The number of allylic oxidation sites excluding steroid dienone is 3. The molecule has 9 aliphatic rings. The Bertz CT molecular complexity index is 2540. The minimum atomic E-state index is -2.56. The summed E-state index contributed by atoms with van der Waals surface area (Å²) in [6, 6.07) is 32.3. The van der Waals surface area contributed by atoms with Crippen molar-refractivity contribution in [1.29, 1.82) is 0 Å². The van der Waals surface area contributed by atoms with Gasteiger partial charge in [-0.15, -0.1) is 0 Å². The SMILES string of the molecule is C.C=C1CC[C@]2(CO2)[C@@H]([C@@]2(C)O[C@@H]2C/C=C/CCCC)[C@@H]1OC.C=C1CC[C@]2(CO2)[C@@H]([C@@]2(C)O[C@@H]2C/C=C/CCCC)[C@@H]1OC.CCCC/C=C/C[C@H]1O[C@]1(C)[C@H]1[C@H](OC)C(=O)CC[C@]12CO2.CP(Br)(c1ccccc1)(c1ccccc1)c1ccccc1. The van der Waals surface area contributed by atoms with Gasteiger partial charge in [0.05, 0.1) is 68.1 Å². The molecule has 3 spiro atoms. The molecule has 0 unspecified atom stereocenters. The van der Waals surface area contributed by atoms with Crippen LogP contribution in [0.4, 0.5) is 0 Å². The maximum absolute atomic E-state index is 12.2. The van der Waals surface area contributed by atoms with Gasteiger partial charge in [0.15, 0.2) is 5.78 Å². The monoisotopic (exact) mass is 1290 g/mol. The number of hydrogen-bond acceptors (Lipinski definition) is 10. The van der Waals surface area contributed by atoms with Crippen molar-refractivity contribution in [2.24, 2.45) is 17.8 Å². The standard InChI is InChI=1S/C19H18BrP.2C19H30O3.C18H28O4.CH4/c1-21(20,17-11-5-2-6-12-17,18-13-7-3-8-14-18)19-15-9-4-10-16-19;2*1-5-6-7-8-9-10-15-18(3,22-15)17-16(20-4)14(2)11-12-19(17)13-21-19;1-4-5-6-7-8-9-14-17(2,22-14)16-15(20-3)13(19)10-11-18(16)12-21-18;/h2-16H,1H3;2*8-9,15-17H,2,5-7,10-13H2,1,3-4H3;7-8,14-16H,4-6,9-12H2,1-3H3;1H4/b;2*9-8+;8-7+;/t;2*15-,16-,17-,18+,19+;14-,15-,16-,17+,18+;/m.111./s1. The summed E-state index contributed by atoms with van der Waals surface area (Å²) in [6.07, 6.45) is 33.5. The first-order valence-corrected chi connectivity index (χ1v) is 37.8. The molecule has 6 aliphatic heterocycles. The van der Waals surface area contributed by atoms with E-state index in [9.17, 15) is 4.79 Å². The van der Waals surface area contributed by atoms with Crippen molar-refractivity contribution in [2.45, 2.75) is 235 Å². The molecule has 88 heavy (non-hydrogen) atoms.